The van der Waals surface area contributed by atoms with Crippen LogP contribution >= 0.6 is 0 Å². The van der Waals surface area contributed by atoms with Crippen molar-refractivity contribution in [1.29, 1.82) is 5.26 Å². The molecule has 4 heteroatoms. The Labute approximate surface area is 96.9 Å². The molecule has 0 radical (unpaired) electrons. The Morgan fingerprint density at radius 1 is 1.38 bits per heavy atom. The van der Waals surface area contributed by atoms with Crippen LogP contribution in [-0.4, -0.2) is 18.1 Å². The van der Waals surface area contributed by atoms with Crippen molar-refractivity contribution in [2.45, 2.75) is 34.1 Å². The smallest absolute Gasteiger partial charge is 0.234 e. The number of hydrogen-bond acceptors (Lipinski definition) is 4. The van der Waals surface area contributed by atoms with Gasteiger partial charge in [-0.2, -0.15) is 5.26 Å². The molecule has 0 unspecified atom stereocenters. The predicted octanol–water partition coefficient (Wildman–Crippen LogP) is 2.59. The van der Waals surface area contributed by atoms with Gasteiger partial charge in [0.05, 0.1) is 0 Å². The molecule has 1 aromatic heterocycles. The Morgan fingerprint density at radius 2 is 2.00 bits per heavy atom. The lowest BCUT2D eigenvalue weighted by Crippen LogP contribution is -2.22. The molecular weight excluding hydrogens is 202 g/mol. The van der Waals surface area contributed by atoms with Gasteiger partial charge in [0.25, 0.3) is 0 Å². The number of nitriles is 1. The lowest BCUT2D eigenvalue weighted by molar-refractivity contribution is 0.454. The molecule has 4 nitrogen and oxygen atoms in total. The van der Waals surface area contributed by atoms with Gasteiger partial charge in [-0.1, -0.05) is 13.8 Å². The predicted molar refractivity (Wildman–Crippen MR) is 63.3 cm³/mol. The van der Waals surface area contributed by atoms with Crippen LogP contribution in [0.3, 0.4) is 0 Å². The average Bonchev–Trinajstić information content (AvgIpc) is 2.62. The molecule has 0 aromatic carbocycles. The highest BCUT2D eigenvalue weighted by atomic mass is 16.4. The zero-order chi connectivity index (χ0) is 12.1. The van der Waals surface area contributed by atoms with Gasteiger partial charge < -0.3 is 9.32 Å². The van der Waals surface area contributed by atoms with Gasteiger partial charge in [0.1, 0.15) is 6.07 Å². The van der Waals surface area contributed by atoms with Crippen molar-refractivity contribution in [1.82, 2.24) is 4.98 Å². The van der Waals surface area contributed by atoms with E-state index >= 15 is 0 Å². The molecule has 0 bridgehead atoms. The Bertz CT molecular complexity index is 372. The molecule has 0 amide bonds. The van der Waals surface area contributed by atoms with Gasteiger partial charge in [-0.3, -0.25) is 0 Å². The fourth-order valence-electron chi connectivity index (χ4n) is 1.59. The van der Waals surface area contributed by atoms with Crippen molar-refractivity contribution in [3.63, 3.8) is 0 Å². The molecule has 88 valence electrons. The van der Waals surface area contributed by atoms with Gasteiger partial charge in [-0.25, -0.2) is 4.98 Å². The Hall–Kier alpha value is -1.50. The van der Waals surface area contributed by atoms with Crippen molar-refractivity contribution in [2.75, 3.05) is 18.0 Å². The molecule has 0 N–H and O–H groups in total. The van der Waals surface area contributed by atoms with Gasteiger partial charge in [0, 0.05) is 19.5 Å². The first-order chi connectivity index (χ1) is 7.62. The van der Waals surface area contributed by atoms with Crippen molar-refractivity contribution in [3.05, 3.63) is 11.6 Å². The molecule has 0 saturated heterocycles. The summed E-state index contributed by atoms with van der Waals surface area (Å²) in [4.78, 5) is 6.23. The first-order valence-corrected chi connectivity index (χ1v) is 5.77. The van der Waals surface area contributed by atoms with Gasteiger partial charge in [0.15, 0.2) is 5.89 Å². The summed E-state index contributed by atoms with van der Waals surface area (Å²) in [6, 6.07) is 2.09. The summed E-state index contributed by atoms with van der Waals surface area (Å²) in [5, 5.41) is 9.01. The molecule has 0 spiro atoms. The number of hydrogen-bond donors (Lipinski definition) is 0. The minimum Gasteiger partial charge on any atom is -0.424 e. The number of aromatic nitrogens is 1. The average molecular weight is 221 g/mol. The summed E-state index contributed by atoms with van der Waals surface area (Å²) >= 11 is 0. The zero-order valence-corrected chi connectivity index (χ0v) is 10.4. The van der Waals surface area contributed by atoms with E-state index in [9.17, 15) is 0 Å². The summed E-state index contributed by atoms with van der Waals surface area (Å²) in [5.74, 6) is 1.76. The van der Waals surface area contributed by atoms with Crippen LogP contribution in [0.1, 0.15) is 39.3 Å². The third kappa shape index (κ3) is 2.75. The van der Waals surface area contributed by atoms with E-state index in [1.165, 1.54) is 0 Å². The second-order valence-corrected chi connectivity index (χ2v) is 4.14. The van der Waals surface area contributed by atoms with Crippen LogP contribution in [0, 0.1) is 17.2 Å². The third-order valence-electron chi connectivity index (χ3n) is 2.39. The van der Waals surface area contributed by atoms with E-state index in [0.29, 0.717) is 23.4 Å². The van der Waals surface area contributed by atoms with Gasteiger partial charge in [-0.15, -0.1) is 0 Å². The SMILES string of the molecule is CCN(CC)c1oc(CC(C)C)nc1C#N. The number of oxazole rings is 1. The topological polar surface area (TPSA) is 53.1 Å². The number of rotatable bonds is 5. The van der Waals surface area contributed by atoms with E-state index in [-0.39, 0.29) is 0 Å². The summed E-state index contributed by atoms with van der Waals surface area (Å²) in [6.45, 7) is 9.92. The molecule has 1 aromatic rings. The molecule has 0 aliphatic rings. The van der Waals surface area contributed by atoms with Crippen molar-refractivity contribution in [2.24, 2.45) is 5.92 Å². The molecule has 1 heterocycles. The molecule has 0 saturated carbocycles. The highest BCUT2D eigenvalue weighted by Crippen LogP contribution is 2.22. The second kappa shape index (κ2) is 5.55. The fraction of sp³-hybridized carbons (Fsp3) is 0.667. The van der Waals surface area contributed by atoms with Crippen LogP contribution < -0.4 is 4.90 Å². The molecule has 1 rings (SSSR count). The van der Waals surface area contributed by atoms with Crippen molar-refractivity contribution < 1.29 is 4.42 Å². The Morgan fingerprint density at radius 3 is 2.44 bits per heavy atom. The fourth-order valence-corrected chi connectivity index (χ4v) is 1.59. The maximum atomic E-state index is 9.01. The van der Waals surface area contributed by atoms with Crippen LogP contribution in [0.25, 0.3) is 0 Å². The number of nitrogens with zero attached hydrogens (tertiary/aromatic N) is 3. The maximum Gasteiger partial charge on any atom is 0.234 e. The van der Waals surface area contributed by atoms with Crippen molar-refractivity contribution in [3.8, 4) is 6.07 Å². The standard InChI is InChI=1S/C12H19N3O/c1-5-15(6-2)12-10(8-13)14-11(16-12)7-9(3)4/h9H,5-7H2,1-4H3. The number of anilines is 1. The van der Waals surface area contributed by atoms with E-state index in [2.05, 4.69) is 24.9 Å². The van der Waals surface area contributed by atoms with Crippen LogP contribution in [0.5, 0.6) is 0 Å². The lowest BCUT2D eigenvalue weighted by Gasteiger charge is -2.16. The summed E-state index contributed by atoms with van der Waals surface area (Å²) in [7, 11) is 0. The zero-order valence-electron chi connectivity index (χ0n) is 10.4. The van der Waals surface area contributed by atoms with E-state index in [1.807, 2.05) is 18.7 Å². The summed E-state index contributed by atoms with van der Waals surface area (Å²) < 4.78 is 5.65. The third-order valence-corrected chi connectivity index (χ3v) is 2.39. The first-order valence-electron chi connectivity index (χ1n) is 5.77. The largest absolute Gasteiger partial charge is 0.424 e. The van der Waals surface area contributed by atoms with Crippen LogP contribution in [0.4, 0.5) is 5.88 Å². The molecule has 0 aliphatic heterocycles. The molecule has 16 heavy (non-hydrogen) atoms. The normalized spacial score (nSPS) is 10.5. The van der Waals surface area contributed by atoms with Crippen molar-refractivity contribution >= 4 is 5.88 Å². The van der Waals surface area contributed by atoms with Gasteiger partial charge >= 0.3 is 0 Å². The maximum absolute atomic E-state index is 9.01. The molecule has 0 atom stereocenters. The van der Waals surface area contributed by atoms with Gasteiger partial charge in [-0.05, 0) is 19.8 Å². The quantitative estimate of drug-likeness (QED) is 0.766. The molecule has 0 aliphatic carbocycles. The summed E-state index contributed by atoms with van der Waals surface area (Å²) in [6.07, 6.45) is 0.774. The minimum atomic E-state index is 0.402. The monoisotopic (exact) mass is 221 g/mol. The second-order valence-electron chi connectivity index (χ2n) is 4.14. The van der Waals surface area contributed by atoms with E-state index in [0.717, 1.165) is 19.5 Å². The highest BCUT2D eigenvalue weighted by Gasteiger charge is 2.17. The summed E-state index contributed by atoms with van der Waals surface area (Å²) in [5.41, 5.74) is 0.402. The Balaban J connectivity index is 2.99. The van der Waals surface area contributed by atoms with Crippen LogP contribution in [0.2, 0.25) is 0 Å². The van der Waals surface area contributed by atoms with Crippen LogP contribution in [0.15, 0.2) is 4.42 Å². The Kier molecular flexibility index (Phi) is 4.36. The molecular formula is C12H19N3O. The van der Waals surface area contributed by atoms with Crippen LogP contribution in [-0.2, 0) is 6.42 Å². The van der Waals surface area contributed by atoms with E-state index in [4.69, 9.17) is 9.68 Å². The highest BCUT2D eigenvalue weighted by molar-refractivity contribution is 5.47. The molecule has 0 fully saturated rings. The van der Waals surface area contributed by atoms with E-state index in [1.54, 1.807) is 0 Å². The lowest BCUT2D eigenvalue weighted by atomic mass is 10.1. The van der Waals surface area contributed by atoms with Gasteiger partial charge in [0.2, 0.25) is 11.6 Å². The van der Waals surface area contributed by atoms with E-state index < -0.39 is 0 Å². The first kappa shape index (κ1) is 12.6. The minimum absolute atomic E-state index is 0.402.